The zero-order valence-corrected chi connectivity index (χ0v) is 16.2. The molecular formula is C20H17ClN4O3. The van der Waals surface area contributed by atoms with E-state index < -0.39 is 0 Å². The Balaban J connectivity index is 1.61. The number of hydrogen-bond acceptors (Lipinski definition) is 5. The molecule has 4 rings (SSSR count). The van der Waals surface area contributed by atoms with E-state index in [1.165, 1.54) is 7.11 Å². The van der Waals surface area contributed by atoms with E-state index in [1.807, 2.05) is 19.9 Å². The molecule has 0 fully saturated rings. The summed E-state index contributed by atoms with van der Waals surface area (Å²) in [5.74, 6) is -0.246. The van der Waals surface area contributed by atoms with Gasteiger partial charge in [-0.25, -0.2) is 4.68 Å². The number of nitrogens with one attached hydrogen (secondary N) is 1. The molecule has 142 valence electrons. The van der Waals surface area contributed by atoms with E-state index in [0.717, 1.165) is 17.1 Å². The number of rotatable bonds is 4. The highest BCUT2D eigenvalue weighted by Crippen LogP contribution is 2.25. The molecule has 0 saturated heterocycles. The SMILES string of the molecule is COc1nc2cc(NC(=O)c3cccc(-n4nc(C)c(Cl)c4C)c3)ccc2o1. The second-order valence-corrected chi connectivity index (χ2v) is 6.65. The van der Waals surface area contributed by atoms with Crippen LogP contribution in [0.1, 0.15) is 21.7 Å². The van der Waals surface area contributed by atoms with Gasteiger partial charge in [0, 0.05) is 11.3 Å². The highest BCUT2D eigenvalue weighted by atomic mass is 35.5. The molecule has 0 aliphatic carbocycles. The third-order valence-electron chi connectivity index (χ3n) is 4.36. The highest BCUT2D eigenvalue weighted by molar-refractivity contribution is 6.31. The van der Waals surface area contributed by atoms with E-state index in [4.69, 9.17) is 20.8 Å². The van der Waals surface area contributed by atoms with Crippen molar-refractivity contribution < 1.29 is 13.9 Å². The molecule has 0 aliphatic heterocycles. The number of halogens is 1. The molecule has 0 aliphatic rings. The Labute approximate surface area is 165 Å². The molecule has 2 aromatic heterocycles. The van der Waals surface area contributed by atoms with E-state index in [2.05, 4.69) is 15.4 Å². The normalized spacial score (nSPS) is 11.0. The third-order valence-corrected chi connectivity index (χ3v) is 4.90. The average Bonchev–Trinajstić information content (AvgIpc) is 3.23. The highest BCUT2D eigenvalue weighted by Gasteiger charge is 2.14. The molecule has 0 spiro atoms. The minimum absolute atomic E-state index is 0.176. The number of carbonyl (C=O) groups excluding carboxylic acids is 1. The van der Waals surface area contributed by atoms with Crippen LogP contribution in [0.15, 0.2) is 46.9 Å². The van der Waals surface area contributed by atoms with Crippen molar-refractivity contribution in [1.82, 2.24) is 14.8 Å². The first kappa shape index (κ1) is 18.1. The molecule has 2 aromatic carbocycles. The minimum atomic E-state index is -0.246. The number of oxazole rings is 1. The Hall–Kier alpha value is -3.32. The lowest BCUT2D eigenvalue weighted by atomic mass is 10.1. The largest absolute Gasteiger partial charge is 0.453 e. The number of aryl methyl sites for hydroxylation is 1. The average molecular weight is 397 g/mol. The number of anilines is 1. The quantitative estimate of drug-likeness (QED) is 0.547. The maximum absolute atomic E-state index is 12.7. The van der Waals surface area contributed by atoms with Crippen LogP contribution >= 0.6 is 11.6 Å². The monoisotopic (exact) mass is 396 g/mol. The van der Waals surface area contributed by atoms with E-state index in [-0.39, 0.29) is 12.0 Å². The van der Waals surface area contributed by atoms with Gasteiger partial charge in [0.2, 0.25) is 0 Å². The summed E-state index contributed by atoms with van der Waals surface area (Å²) in [6, 6.07) is 12.4. The van der Waals surface area contributed by atoms with Crippen molar-refractivity contribution in [3.8, 4) is 11.8 Å². The second-order valence-electron chi connectivity index (χ2n) is 6.27. The first-order chi connectivity index (χ1) is 13.5. The van der Waals surface area contributed by atoms with Crippen LogP contribution in [0.25, 0.3) is 16.8 Å². The molecular weight excluding hydrogens is 380 g/mol. The molecule has 4 aromatic rings. The molecule has 0 saturated carbocycles. The van der Waals surface area contributed by atoms with Gasteiger partial charge in [0.25, 0.3) is 5.91 Å². The van der Waals surface area contributed by atoms with Gasteiger partial charge in [-0.3, -0.25) is 4.79 Å². The van der Waals surface area contributed by atoms with Gasteiger partial charge >= 0.3 is 6.08 Å². The van der Waals surface area contributed by atoms with Crippen LogP contribution in [0.4, 0.5) is 5.69 Å². The summed E-state index contributed by atoms with van der Waals surface area (Å²) in [6.45, 7) is 3.73. The zero-order valence-electron chi connectivity index (χ0n) is 15.5. The molecule has 1 amide bonds. The predicted octanol–water partition coefficient (Wildman–Crippen LogP) is 4.54. The van der Waals surface area contributed by atoms with Gasteiger partial charge in [0.05, 0.1) is 29.2 Å². The van der Waals surface area contributed by atoms with Gasteiger partial charge in [-0.15, -0.1) is 0 Å². The van der Waals surface area contributed by atoms with Crippen molar-refractivity contribution in [2.75, 3.05) is 12.4 Å². The molecule has 0 bridgehead atoms. The Morgan fingerprint density at radius 2 is 2.04 bits per heavy atom. The number of carbonyl (C=O) groups is 1. The maximum Gasteiger partial charge on any atom is 0.394 e. The van der Waals surface area contributed by atoms with Gasteiger partial charge in [0.15, 0.2) is 5.58 Å². The van der Waals surface area contributed by atoms with Gasteiger partial charge < -0.3 is 14.5 Å². The summed E-state index contributed by atoms with van der Waals surface area (Å²) >= 11 is 6.23. The Bertz CT molecular complexity index is 1200. The number of benzene rings is 2. The van der Waals surface area contributed by atoms with Crippen LogP contribution in [0.3, 0.4) is 0 Å². The molecule has 0 unspecified atom stereocenters. The lowest BCUT2D eigenvalue weighted by Gasteiger charge is -2.08. The van der Waals surface area contributed by atoms with Crippen LogP contribution in [-0.4, -0.2) is 27.8 Å². The lowest BCUT2D eigenvalue weighted by Crippen LogP contribution is -2.12. The van der Waals surface area contributed by atoms with Crippen molar-refractivity contribution >= 4 is 34.3 Å². The third kappa shape index (κ3) is 3.20. The van der Waals surface area contributed by atoms with Crippen molar-refractivity contribution in [1.29, 1.82) is 0 Å². The Morgan fingerprint density at radius 3 is 2.75 bits per heavy atom. The van der Waals surface area contributed by atoms with Crippen LogP contribution in [0, 0.1) is 13.8 Å². The molecule has 1 N–H and O–H groups in total. The van der Waals surface area contributed by atoms with E-state index in [0.29, 0.717) is 27.4 Å². The smallest absolute Gasteiger partial charge is 0.394 e. The van der Waals surface area contributed by atoms with Crippen LogP contribution in [0.5, 0.6) is 6.08 Å². The summed E-state index contributed by atoms with van der Waals surface area (Å²) in [5.41, 5.74) is 4.61. The number of ether oxygens (including phenoxy) is 1. The molecule has 7 nitrogen and oxygen atoms in total. The molecule has 0 radical (unpaired) electrons. The first-order valence-electron chi connectivity index (χ1n) is 8.54. The molecule has 2 heterocycles. The second kappa shape index (κ2) is 7.01. The van der Waals surface area contributed by atoms with Crippen molar-refractivity contribution in [3.63, 3.8) is 0 Å². The Morgan fingerprint density at radius 1 is 1.21 bits per heavy atom. The van der Waals surface area contributed by atoms with Gasteiger partial charge in [-0.1, -0.05) is 17.7 Å². The van der Waals surface area contributed by atoms with Gasteiger partial charge in [-0.05, 0) is 50.2 Å². The maximum atomic E-state index is 12.7. The number of hydrogen-bond donors (Lipinski definition) is 1. The first-order valence-corrected chi connectivity index (χ1v) is 8.92. The Kier molecular flexibility index (Phi) is 4.52. The molecule has 8 heteroatoms. The number of amides is 1. The van der Waals surface area contributed by atoms with E-state index >= 15 is 0 Å². The van der Waals surface area contributed by atoms with Gasteiger partial charge in [0.1, 0.15) is 5.52 Å². The van der Waals surface area contributed by atoms with E-state index in [1.54, 1.807) is 41.1 Å². The van der Waals surface area contributed by atoms with Crippen molar-refractivity contribution in [2.24, 2.45) is 0 Å². The fourth-order valence-electron chi connectivity index (χ4n) is 2.93. The van der Waals surface area contributed by atoms with Crippen LogP contribution in [0.2, 0.25) is 5.02 Å². The predicted molar refractivity (Wildman–Crippen MR) is 107 cm³/mol. The number of nitrogens with zero attached hydrogens (tertiary/aromatic N) is 3. The van der Waals surface area contributed by atoms with Crippen molar-refractivity contribution in [3.05, 3.63) is 64.4 Å². The summed E-state index contributed by atoms with van der Waals surface area (Å²) in [6.07, 6.45) is 0.176. The summed E-state index contributed by atoms with van der Waals surface area (Å²) in [5, 5.41) is 7.92. The number of fused-ring (bicyclic) bond motifs is 1. The van der Waals surface area contributed by atoms with Crippen LogP contribution in [-0.2, 0) is 0 Å². The zero-order chi connectivity index (χ0) is 19.8. The summed E-state index contributed by atoms with van der Waals surface area (Å²) < 4.78 is 12.1. The minimum Gasteiger partial charge on any atom is -0.453 e. The summed E-state index contributed by atoms with van der Waals surface area (Å²) in [7, 11) is 1.48. The topological polar surface area (TPSA) is 82.2 Å². The standard InChI is InChI=1S/C20H17ClN4O3/c1-11-18(21)12(2)25(24-11)15-6-4-5-13(9-15)19(26)22-14-7-8-17-16(10-14)23-20(27-3)28-17/h4-10H,1-3H3,(H,22,26). The number of methoxy groups -OCH3 is 1. The summed E-state index contributed by atoms with van der Waals surface area (Å²) in [4.78, 5) is 16.9. The van der Waals surface area contributed by atoms with E-state index in [9.17, 15) is 4.79 Å². The number of aromatic nitrogens is 3. The molecule has 0 atom stereocenters. The fourth-order valence-corrected chi connectivity index (χ4v) is 3.05. The molecule has 28 heavy (non-hydrogen) atoms. The van der Waals surface area contributed by atoms with Crippen LogP contribution < -0.4 is 10.1 Å². The van der Waals surface area contributed by atoms with Crippen molar-refractivity contribution in [2.45, 2.75) is 13.8 Å². The fraction of sp³-hybridized carbons (Fsp3) is 0.150. The lowest BCUT2D eigenvalue weighted by molar-refractivity contribution is 0.102. The van der Waals surface area contributed by atoms with Gasteiger partial charge in [-0.2, -0.15) is 10.1 Å².